The molecule has 1 aromatic carbocycles. The number of halogens is 1. The lowest BCUT2D eigenvalue weighted by Crippen LogP contribution is -2.37. The van der Waals surface area contributed by atoms with Crippen LogP contribution < -0.4 is 5.32 Å². The standard InChI is InChI=1S/C20H27FN6O5S/c1-15-18(21)20-23-19(25-27(20)24-15)16-3-5-17(6-4-16)22-13-31-14-32-33(28,29)12-2-7-26-8-10-30-11-9-26/h3-6,22,24H,2,7-14H2,1H3. The number of nitrogens with one attached hydrogen (secondary N) is 2. The van der Waals surface area contributed by atoms with E-state index in [1.165, 1.54) is 4.63 Å². The van der Waals surface area contributed by atoms with Crippen LogP contribution in [0.15, 0.2) is 24.3 Å². The Morgan fingerprint density at radius 1 is 1.24 bits per heavy atom. The van der Waals surface area contributed by atoms with E-state index >= 15 is 0 Å². The smallest absolute Gasteiger partial charge is 0.269 e. The van der Waals surface area contributed by atoms with Crippen molar-refractivity contribution in [2.24, 2.45) is 0 Å². The summed E-state index contributed by atoms with van der Waals surface area (Å²) in [7, 11) is -3.63. The van der Waals surface area contributed by atoms with Crippen LogP contribution >= 0.6 is 0 Å². The highest BCUT2D eigenvalue weighted by molar-refractivity contribution is 7.86. The zero-order valence-corrected chi connectivity index (χ0v) is 19.1. The molecule has 4 rings (SSSR count). The molecule has 1 fully saturated rings. The second-order valence-electron chi connectivity index (χ2n) is 7.63. The van der Waals surface area contributed by atoms with Crippen LogP contribution in [0.5, 0.6) is 0 Å². The Labute approximate surface area is 190 Å². The Hall–Kier alpha value is -2.58. The SMILES string of the molecule is Cc1[nH]n2nc(-c3ccc(NCOCOS(=O)(=O)CCCN4CCOCC4)cc3)nc2c1F. The number of aryl methyl sites for hydroxylation is 1. The lowest BCUT2D eigenvalue weighted by molar-refractivity contribution is 0.0288. The summed E-state index contributed by atoms with van der Waals surface area (Å²) in [5.41, 5.74) is 2.00. The molecule has 0 aliphatic carbocycles. The van der Waals surface area contributed by atoms with Crippen LogP contribution in [0.4, 0.5) is 10.1 Å². The highest BCUT2D eigenvalue weighted by Crippen LogP contribution is 2.20. The fourth-order valence-electron chi connectivity index (χ4n) is 3.40. The minimum absolute atomic E-state index is 0.0527. The maximum absolute atomic E-state index is 13.9. The summed E-state index contributed by atoms with van der Waals surface area (Å²) in [4.78, 5) is 6.38. The number of ether oxygens (including phenoxy) is 2. The van der Waals surface area contributed by atoms with Gasteiger partial charge in [0, 0.05) is 24.3 Å². The van der Waals surface area contributed by atoms with Crippen molar-refractivity contribution in [3.05, 3.63) is 35.8 Å². The first-order valence-corrected chi connectivity index (χ1v) is 12.2. The molecule has 13 heteroatoms. The van der Waals surface area contributed by atoms with Crippen molar-refractivity contribution in [1.29, 1.82) is 0 Å². The van der Waals surface area contributed by atoms with Gasteiger partial charge in [-0.25, -0.2) is 13.6 Å². The number of hydrogen-bond acceptors (Lipinski definition) is 9. The van der Waals surface area contributed by atoms with E-state index in [1.807, 2.05) is 0 Å². The Balaban J connectivity index is 1.16. The Morgan fingerprint density at radius 2 is 2.00 bits per heavy atom. The quantitative estimate of drug-likeness (QED) is 0.238. The first kappa shape index (κ1) is 23.6. The molecule has 2 N–H and O–H groups in total. The molecule has 3 heterocycles. The molecule has 0 amide bonds. The number of aromatic nitrogens is 4. The second-order valence-corrected chi connectivity index (χ2v) is 9.39. The summed E-state index contributed by atoms with van der Waals surface area (Å²) in [6, 6.07) is 7.16. The van der Waals surface area contributed by atoms with Crippen LogP contribution in [0.2, 0.25) is 0 Å². The minimum Gasteiger partial charge on any atom is -0.379 e. The maximum atomic E-state index is 13.9. The summed E-state index contributed by atoms with van der Waals surface area (Å²) in [5.74, 6) is -0.0798. The van der Waals surface area contributed by atoms with Gasteiger partial charge < -0.3 is 14.8 Å². The van der Waals surface area contributed by atoms with Crippen LogP contribution in [0.25, 0.3) is 17.0 Å². The average Bonchev–Trinajstić information content (AvgIpc) is 3.33. The molecule has 180 valence electrons. The summed E-state index contributed by atoms with van der Waals surface area (Å²) in [5, 5.41) is 10.0. The number of benzene rings is 1. The Bertz CT molecular complexity index is 1160. The number of fused-ring (bicyclic) bond motifs is 1. The highest BCUT2D eigenvalue weighted by Gasteiger charge is 2.15. The third-order valence-corrected chi connectivity index (χ3v) is 6.46. The average molecular weight is 483 g/mol. The molecule has 0 saturated carbocycles. The van der Waals surface area contributed by atoms with Crippen molar-refractivity contribution in [3.8, 4) is 11.4 Å². The molecule has 0 radical (unpaired) electrons. The zero-order chi connectivity index (χ0) is 23.3. The number of nitrogens with zero attached hydrogens (tertiary/aromatic N) is 4. The lowest BCUT2D eigenvalue weighted by Gasteiger charge is -2.26. The summed E-state index contributed by atoms with van der Waals surface area (Å²) in [6.45, 7) is 5.03. The number of aromatic amines is 1. The second kappa shape index (κ2) is 10.6. The van der Waals surface area contributed by atoms with Gasteiger partial charge in [0.15, 0.2) is 18.4 Å². The van der Waals surface area contributed by atoms with E-state index in [0.717, 1.165) is 24.3 Å². The fraction of sp³-hybridized carbons (Fsp3) is 0.500. The van der Waals surface area contributed by atoms with Crippen LogP contribution in [0.3, 0.4) is 0 Å². The van der Waals surface area contributed by atoms with Gasteiger partial charge >= 0.3 is 0 Å². The first-order valence-electron chi connectivity index (χ1n) is 10.6. The van der Waals surface area contributed by atoms with Gasteiger partial charge in [-0.05, 0) is 44.2 Å². The number of H-pyrrole nitrogens is 1. The Kier molecular flexibility index (Phi) is 7.55. The molecule has 33 heavy (non-hydrogen) atoms. The lowest BCUT2D eigenvalue weighted by atomic mass is 10.2. The molecule has 0 bridgehead atoms. The van der Waals surface area contributed by atoms with E-state index in [1.54, 1.807) is 31.2 Å². The van der Waals surface area contributed by atoms with E-state index in [0.29, 0.717) is 37.7 Å². The van der Waals surface area contributed by atoms with Gasteiger partial charge in [0.05, 0.1) is 24.7 Å². The molecule has 2 aromatic heterocycles. The molecule has 1 aliphatic heterocycles. The van der Waals surface area contributed by atoms with Gasteiger partial charge in [-0.15, -0.1) is 5.10 Å². The molecule has 1 aliphatic rings. The normalized spacial score (nSPS) is 15.3. The number of hydrogen-bond donors (Lipinski definition) is 2. The van der Waals surface area contributed by atoms with Gasteiger partial charge in [0.1, 0.15) is 6.73 Å². The van der Waals surface area contributed by atoms with Gasteiger partial charge in [-0.3, -0.25) is 10.00 Å². The van der Waals surface area contributed by atoms with Crippen molar-refractivity contribution >= 4 is 21.5 Å². The molecule has 0 atom stereocenters. The monoisotopic (exact) mass is 482 g/mol. The molecular formula is C20H27FN6O5S. The zero-order valence-electron chi connectivity index (χ0n) is 18.3. The van der Waals surface area contributed by atoms with Crippen molar-refractivity contribution in [3.63, 3.8) is 0 Å². The highest BCUT2D eigenvalue weighted by atomic mass is 32.2. The summed E-state index contributed by atoms with van der Waals surface area (Å²) < 4.78 is 54.5. The van der Waals surface area contributed by atoms with Crippen molar-refractivity contribution in [2.75, 3.05) is 57.4 Å². The van der Waals surface area contributed by atoms with Gasteiger partial charge in [-0.2, -0.15) is 13.0 Å². The fourth-order valence-corrected chi connectivity index (χ4v) is 4.21. The topological polar surface area (TPSA) is 123 Å². The third kappa shape index (κ3) is 6.26. The van der Waals surface area contributed by atoms with Crippen molar-refractivity contribution in [1.82, 2.24) is 24.7 Å². The molecule has 0 spiro atoms. The summed E-state index contributed by atoms with van der Waals surface area (Å²) >= 11 is 0. The van der Waals surface area contributed by atoms with Crippen molar-refractivity contribution < 1.29 is 26.5 Å². The van der Waals surface area contributed by atoms with Gasteiger partial charge in [-0.1, -0.05) is 0 Å². The maximum Gasteiger partial charge on any atom is 0.269 e. The molecule has 0 unspecified atom stereocenters. The predicted molar refractivity (Wildman–Crippen MR) is 119 cm³/mol. The number of rotatable bonds is 11. The van der Waals surface area contributed by atoms with Crippen LogP contribution in [-0.4, -0.2) is 85.3 Å². The van der Waals surface area contributed by atoms with Crippen LogP contribution in [0.1, 0.15) is 12.1 Å². The van der Waals surface area contributed by atoms with E-state index in [4.69, 9.17) is 13.7 Å². The number of anilines is 1. The summed E-state index contributed by atoms with van der Waals surface area (Å²) in [6.07, 6.45) is 0.500. The van der Waals surface area contributed by atoms with Crippen molar-refractivity contribution in [2.45, 2.75) is 13.3 Å². The molecule has 1 saturated heterocycles. The van der Waals surface area contributed by atoms with E-state index in [-0.39, 0.29) is 24.9 Å². The number of morpholine rings is 1. The Morgan fingerprint density at radius 3 is 2.73 bits per heavy atom. The van der Waals surface area contributed by atoms with E-state index in [2.05, 4.69) is 25.4 Å². The van der Waals surface area contributed by atoms with E-state index in [9.17, 15) is 12.8 Å². The van der Waals surface area contributed by atoms with Gasteiger partial charge in [0.25, 0.3) is 10.1 Å². The molecular weight excluding hydrogens is 455 g/mol. The predicted octanol–water partition coefficient (Wildman–Crippen LogP) is 1.58. The van der Waals surface area contributed by atoms with E-state index < -0.39 is 15.9 Å². The van der Waals surface area contributed by atoms with Gasteiger partial charge in [0.2, 0.25) is 5.65 Å². The first-order chi connectivity index (χ1) is 15.9. The third-order valence-electron chi connectivity index (χ3n) is 5.21. The van der Waals surface area contributed by atoms with Crippen LogP contribution in [0, 0.1) is 12.7 Å². The van der Waals surface area contributed by atoms with Crippen LogP contribution in [-0.2, 0) is 23.8 Å². The molecule has 3 aromatic rings. The molecule has 11 nitrogen and oxygen atoms in total. The largest absolute Gasteiger partial charge is 0.379 e. The minimum atomic E-state index is -3.63.